The third kappa shape index (κ3) is 1.62. The van der Waals surface area contributed by atoms with Gasteiger partial charge in [-0.3, -0.25) is 4.79 Å². The zero-order chi connectivity index (χ0) is 8.39. The van der Waals surface area contributed by atoms with Crippen molar-refractivity contribution in [3.63, 3.8) is 0 Å². The molecule has 68 valence electrons. The molecule has 2 fully saturated rings. The molecule has 0 aromatic carbocycles. The molecule has 2 atom stereocenters. The molecule has 1 aliphatic heterocycles. The number of nitrogens with one attached hydrogen (secondary N) is 1. The Morgan fingerprint density at radius 1 is 1.08 bits per heavy atom. The van der Waals surface area contributed by atoms with Gasteiger partial charge >= 0.3 is 0 Å². The molecule has 0 radical (unpaired) electrons. The van der Waals surface area contributed by atoms with Crippen molar-refractivity contribution in [2.24, 2.45) is 5.92 Å². The van der Waals surface area contributed by atoms with Gasteiger partial charge in [0.05, 0.1) is 0 Å². The van der Waals surface area contributed by atoms with Crippen LogP contribution in [0.5, 0.6) is 0 Å². The van der Waals surface area contributed by atoms with Crippen LogP contribution in [-0.4, -0.2) is 11.9 Å². The molecule has 2 aliphatic rings. The number of piperidine rings is 1. The van der Waals surface area contributed by atoms with Gasteiger partial charge in [0, 0.05) is 12.5 Å². The number of fused-ring (bicyclic) bond motifs is 1. The average Bonchev–Trinajstić information content (AvgIpc) is 2.28. The molecule has 2 heteroatoms. The van der Waals surface area contributed by atoms with E-state index < -0.39 is 0 Å². The molecule has 0 aromatic rings. The van der Waals surface area contributed by atoms with E-state index in [0.717, 1.165) is 18.8 Å². The lowest BCUT2D eigenvalue weighted by Gasteiger charge is -2.30. The summed E-state index contributed by atoms with van der Waals surface area (Å²) < 4.78 is 0. The number of hydrogen-bond donors (Lipinski definition) is 1. The van der Waals surface area contributed by atoms with E-state index in [1.807, 2.05) is 0 Å². The Hall–Kier alpha value is -0.530. The fourth-order valence-corrected chi connectivity index (χ4v) is 2.52. The molecule has 1 saturated carbocycles. The Balaban J connectivity index is 1.99. The highest BCUT2D eigenvalue weighted by molar-refractivity contribution is 5.77. The maximum Gasteiger partial charge on any atom is 0.220 e. The second-order valence-electron chi connectivity index (χ2n) is 4.11. The third-order valence-corrected chi connectivity index (χ3v) is 3.25. The van der Waals surface area contributed by atoms with Crippen molar-refractivity contribution in [1.82, 2.24) is 5.32 Å². The van der Waals surface area contributed by atoms with Crippen molar-refractivity contribution in [3.8, 4) is 0 Å². The summed E-state index contributed by atoms with van der Waals surface area (Å²) in [4.78, 5) is 11.1. The molecular weight excluding hydrogens is 150 g/mol. The zero-order valence-corrected chi connectivity index (χ0v) is 7.51. The van der Waals surface area contributed by atoms with E-state index >= 15 is 0 Å². The first-order valence-electron chi connectivity index (χ1n) is 5.15. The standard InChI is InChI=1S/C10H17NO/c12-10-7-6-8-4-2-1-3-5-9(8)11-10/h8-9H,1-7H2,(H,11,12)/t8-,9+/m1/s1. The van der Waals surface area contributed by atoms with E-state index in [4.69, 9.17) is 0 Å². The van der Waals surface area contributed by atoms with Crippen LogP contribution in [0.1, 0.15) is 44.9 Å². The minimum atomic E-state index is 0.276. The summed E-state index contributed by atoms with van der Waals surface area (Å²) in [6.07, 6.45) is 8.50. The van der Waals surface area contributed by atoms with Gasteiger partial charge in [-0.25, -0.2) is 0 Å². The third-order valence-electron chi connectivity index (χ3n) is 3.25. The van der Waals surface area contributed by atoms with Crippen LogP contribution in [0.2, 0.25) is 0 Å². The number of hydrogen-bond acceptors (Lipinski definition) is 1. The summed E-state index contributed by atoms with van der Waals surface area (Å²) in [6.45, 7) is 0. The second kappa shape index (κ2) is 3.46. The first-order chi connectivity index (χ1) is 5.86. The van der Waals surface area contributed by atoms with Gasteiger partial charge in [-0.15, -0.1) is 0 Å². The van der Waals surface area contributed by atoms with Crippen LogP contribution in [0.25, 0.3) is 0 Å². The molecule has 1 heterocycles. The molecule has 1 aliphatic carbocycles. The monoisotopic (exact) mass is 167 g/mol. The SMILES string of the molecule is O=C1CC[C@H]2CCCCC[C@@H]2N1. The van der Waals surface area contributed by atoms with Gasteiger partial charge in [0.15, 0.2) is 0 Å². The van der Waals surface area contributed by atoms with Crippen LogP contribution < -0.4 is 5.32 Å². The average molecular weight is 167 g/mol. The Labute approximate surface area is 73.7 Å². The zero-order valence-electron chi connectivity index (χ0n) is 7.51. The van der Waals surface area contributed by atoms with Crippen LogP contribution in [0, 0.1) is 5.92 Å². The van der Waals surface area contributed by atoms with Crippen LogP contribution in [0.4, 0.5) is 0 Å². The molecule has 1 amide bonds. The molecule has 1 saturated heterocycles. The van der Waals surface area contributed by atoms with Crippen LogP contribution >= 0.6 is 0 Å². The maximum atomic E-state index is 11.1. The predicted octanol–water partition coefficient (Wildman–Crippen LogP) is 1.85. The largest absolute Gasteiger partial charge is 0.353 e. The molecule has 1 N–H and O–H groups in total. The molecule has 2 rings (SSSR count). The van der Waals surface area contributed by atoms with Gasteiger partial charge in [-0.1, -0.05) is 19.3 Å². The second-order valence-corrected chi connectivity index (χ2v) is 4.11. The molecule has 0 aromatic heterocycles. The van der Waals surface area contributed by atoms with E-state index in [1.54, 1.807) is 0 Å². The van der Waals surface area contributed by atoms with E-state index in [-0.39, 0.29) is 5.91 Å². The van der Waals surface area contributed by atoms with Gasteiger partial charge in [0.25, 0.3) is 0 Å². The highest BCUT2D eigenvalue weighted by Gasteiger charge is 2.28. The Bertz CT molecular complexity index is 179. The van der Waals surface area contributed by atoms with Gasteiger partial charge in [-0.05, 0) is 25.2 Å². The van der Waals surface area contributed by atoms with Crippen molar-refractivity contribution in [2.45, 2.75) is 51.0 Å². The first-order valence-corrected chi connectivity index (χ1v) is 5.15. The van der Waals surface area contributed by atoms with Gasteiger partial charge in [-0.2, -0.15) is 0 Å². The number of rotatable bonds is 0. The summed E-state index contributed by atoms with van der Waals surface area (Å²) in [5, 5.41) is 3.12. The van der Waals surface area contributed by atoms with E-state index in [2.05, 4.69) is 5.32 Å². The van der Waals surface area contributed by atoms with Gasteiger partial charge in [0.1, 0.15) is 0 Å². The number of carbonyl (C=O) groups excluding carboxylic acids is 1. The summed E-state index contributed by atoms with van der Waals surface area (Å²) in [6, 6.07) is 0.522. The predicted molar refractivity (Wildman–Crippen MR) is 47.7 cm³/mol. The highest BCUT2D eigenvalue weighted by Crippen LogP contribution is 2.29. The minimum Gasteiger partial charge on any atom is -0.353 e. The fourth-order valence-electron chi connectivity index (χ4n) is 2.52. The highest BCUT2D eigenvalue weighted by atomic mass is 16.1. The molecule has 12 heavy (non-hydrogen) atoms. The topological polar surface area (TPSA) is 29.1 Å². The van der Waals surface area contributed by atoms with Crippen molar-refractivity contribution >= 4 is 5.91 Å². The Morgan fingerprint density at radius 3 is 2.83 bits per heavy atom. The molecular formula is C10H17NO. The molecule has 0 unspecified atom stereocenters. The summed E-state index contributed by atoms with van der Waals surface area (Å²) in [5.41, 5.74) is 0. The Kier molecular flexibility index (Phi) is 2.33. The van der Waals surface area contributed by atoms with Gasteiger partial charge < -0.3 is 5.32 Å². The van der Waals surface area contributed by atoms with Crippen LogP contribution in [0.3, 0.4) is 0 Å². The molecule has 2 nitrogen and oxygen atoms in total. The van der Waals surface area contributed by atoms with E-state index in [9.17, 15) is 4.79 Å². The minimum absolute atomic E-state index is 0.276. The van der Waals surface area contributed by atoms with Gasteiger partial charge in [0.2, 0.25) is 5.91 Å². The van der Waals surface area contributed by atoms with Crippen molar-refractivity contribution in [3.05, 3.63) is 0 Å². The number of carbonyl (C=O) groups is 1. The maximum absolute atomic E-state index is 11.1. The van der Waals surface area contributed by atoms with Crippen LogP contribution in [-0.2, 0) is 4.79 Å². The smallest absolute Gasteiger partial charge is 0.220 e. The first kappa shape index (κ1) is 8.09. The summed E-state index contributed by atoms with van der Waals surface area (Å²) >= 11 is 0. The van der Waals surface area contributed by atoms with E-state index in [0.29, 0.717) is 6.04 Å². The van der Waals surface area contributed by atoms with Crippen molar-refractivity contribution in [1.29, 1.82) is 0 Å². The Morgan fingerprint density at radius 2 is 1.92 bits per heavy atom. The lowest BCUT2D eigenvalue weighted by atomic mass is 9.87. The summed E-state index contributed by atoms with van der Waals surface area (Å²) in [5.74, 6) is 1.07. The normalized spacial score (nSPS) is 36.5. The van der Waals surface area contributed by atoms with Crippen LogP contribution in [0.15, 0.2) is 0 Å². The van der Waals surface area contributed by atoms with Crippen molar-refractivity contribution < 1.29 is 4.79 Å². The quantitative estimate of drug-likeness (QED) is 0.586. The van der Waals surface area contributed by atoms with Crippen molar-refractivity contribution in [2.75, 3.05) is 0 Å². The fraction of sp³-hybridized carbons (Fsp3) is 0.900. The van der Waals surface area contributed by atoms with E-state index in [1.165, 1.54) is 32.1 Å². The lowest BCUT2D eigenvalue weighted by molar-refractivity contribution is -0.124. The number of amides is 1. The lowest BCUT2D eigenvalue weighted by Crippen LogP contribution is -2.44. The molecule has 0 spiro atoms. The summed E-state index contributed by atoms with van der Waals surface area (Å²) in [7, 11) is 0. The molecule has 0 bridgehead atoms.